The normalized spacial score (nSPS) is 9.75. The van der Waals surface area contributed by atoms with Crippen LogP contribution in [0.3, 0.4) is 0 Å². The fraction of sp³-hybridized carbons (Fsp3) is 1.00. The Morgan fingerprint density at radius 1 is 1.00 bits per heavy atom. The van der Waals surface area contributed by atoms with E-state index in [-0.39, 0.29) is 0 Å². The van der Waals surface area contributed by atoms with E-state index in [1.54, 1.807) is 0 Å². The third-order valence-electron chi connectivity index (χ3n) is 0.755. The van der Waals surface area contributed by atoms with Gasteiger partial charge in [-0.25, -0.2) is 0 Å². The molecule has 0 spiro atoms. The molecule has 2 nitrogen and oxygen atoms in total. The van der Waals surface area contributed by atoms with Crippen molar-refractivity contribution in [3.05, 3.63) is 0 Å². The van der Waals surface area contributed by atoms with Gasteiger partial charge >= 0.3 is 0 Å². The van der Waals surface area contributed by atoms with Gasteiger partial charge in [0.05, 0.1) is 0 Å². The third kappa shape index (κ3) is 6.27. The Hall–Kier alpha value is 0.270. The van der Waals surface area contributed by atoms with E-state index in [1.807, 2.05) is 11.8 Å². The molecular weight excluding hydrogens is 120 g/mol. The zero-order valence-corrected chi connectivity index (χ0v) is 5.91. The van der Waals surface area contributed by atoms with Gasteiger partial charge in [-0.2, -0.15) is 11.8 Å². The molecule has 0 aliphatic carbocycles. The van der Waals surface area contributed by atoms with Crippen molar-refractivity contribution in [2.45, 2.75) is 6.42 Å². The second-order valence-electron chi connectivity index (χ2n) is 1.54. The molecule has 0 aromatic heterocycles. The molecule has 50 valence electrons. The van der Waals surface area contributed by atoms with Gasteiger partial charge in [0.15, 0.2) is 0 Å². The maximum atomic E-state index is 5.27. The molecule has 0 bridgehead atoms. The topological polar surface area (TPSA) is 52.0 Å². The van der Waals surface area contributed by atoms with Crippen LogP contribution >= 0.6 is 11.8 Å². The highest BCUT2D eigenvalue weighted by atomic mass is 32.2. The van der Waals surface area contributed by atoms with Gasteiger partial charge < -0.3 is 11.5 Å². The van der Waals surface area contributed by atoms with Gasteiger partial charge in [0.25, 0.3) is 0 Å². The number of rotatable bonds is 5. The largest absolute Gasteiger partial charge is 0.330 e. The lowest BCUT2D eigenvalue weighted by Crippen LogP contribution is -2.04. The fourth-order valence-electron chi connectivity index (χ4n) is 0.371. The van der Waals surface area contributed by atoms with Gasteiger partial charge in [0.1, 0.15) is 0 Å². The van der Waals surface area contributed by atoms with Crippen molar-refractivity contribution >= 4 is 11.8 Å². The Morgan fingerprint density at radius 3 is 2.25 bits per heavy atom. The summed E-state index contributed by atoms with van der Waals surface area (Å²) in [5.74, 6) is 2.23. The van der Waals surface area contributed by atoms with E-state index in [4.69, 9.17) is 11.5 Å². The molecule has 0 saturated carbocycles. The minimum atomic E-state index is 0.787. The number of nitrogens with two attached hydrogens (primary N) is 2. The maximum Gasteiger partial charge on any atom is 0.00558 e. The standard InChI is InChI=1S/C5H14N2S/c6-2-1-4-8-5-3-7/h1-7H2. The molecule has 0 aromatic carbocycles. The predicted octanol–water partition coefficient (Wildman–Crippen LogP) is 0.0271. The number of thioether (sulfide) groups is 1. The zero-order chi connectivity index (χ0) is 6.24. The van der Waals surface area contributed by atoms with Crippen LogP contribution in [0.1, 0.15) is 6.42 Å². The summed E-state index contributed by atoms with van der Waals surface area (Å²) in [6, 6.07) is 0. The quantitative estimate of drug-likeness (QED) is 0.521. The van der Waals surface area contributed by atoms with Crippen LogP contribution in [0.5, 0.6) is 0 Å². The van der Waals surface area contributed by atoms with Gasteiger partial charge in [-0.1, -0.05) is 0 Å². The van der Waals surface area contributed by atoms with Crippen molar-refractivity contribution in [1.29, 1.82) is 0 Å². The van der Waals surface area contributed by atoms with E-state index < -0.39 is 0 Å². The first-order valence-corrected chi connectivity index (χ1v) is 4.05. The molecule has 0 rings (SSSR count). The molecule has 0 amide bonds. The minimum absolute atomic E-state index is 0.787. The van der Waals surface area contributed by atoms with E-state index in [2.05, 4.69) is 0 Å². The van der Waals surface area contributed by atoms with Crippen molar-refractivity contribution in [2.75, 3.05) is 24.6 Å². The summed E-state index contributed by atoms with van der Waals surface area (Å²) in [7, 11) is 0. The van der Waals surface area contributed by atoms with Crippen LogP contribution in [0.2, 0.25) is 0 Å². The van der Waals surface area contributed by atoms with E-state index in [0.717, 1.165) is 31.0 Å². The van der Waals surface area contributed by atoms with Crippen molar-refractivity contribution in [2.24, 2.45) is 11.5 Å². The monoisotopic (exact) mass is 134 g/mol. The minimum Gasteiger partial charge on any atom is -0.330 e. The van der Waals surface area contributed by atoms with Crippen LogP contribution in [0.4, 0.5) is 0 Å². The molecule has 3 heteroatoms. The Balaban J connectivity index is 2.53. The predicted molar refractivity (Wildman–Crippen MR) is 40.1 cm³/mol. The van der Waals surface area contributed by atoms with E-state index in [9.17, 15) is 0 Å². The second-order valence-corrected chi connectivity index (χ2v) is 2.77. The maximum absolute atomic E-state index is 5.27. The van der Waals surface area contributed by atoms with Crippen LogP contribution in [-0.2, 0) is 0 Å². The lowest BCUT2D eigenvalue weighted by molar-refractivity contribution is 0.942. The second kappa shape index (κ2) is 7.27. The van der Waals surface area contributed by atoms with Crippen molar-refractivity contribution in [3.63, 3.8) is 0 Å². The highest BCUT2D eigenvalue weighted by molar-refractivity contribution is 7.99. The van der Waals surface area contributed by atoms with Crippen molar-refractivity contribution < 1.29 is 0 Å². The van der Waals surface area contributed by atoms with Crippen LogP contribution in [0.15, 0.2) is 0 Å². The molecular formula is C5H14N2S. The van der Waals surface area contributed by atoms with E-state index in [0.29, 0.717) is 0 Å². The molecule has 0 aromatic rings. The lowest BCUT2D eigenvalue weighted by Gasteiger charge is -1.94. The molecule has 0 unspecified atom stereocenters. The lowest BCUT2D eigenvalue weighted by atomic mass is 10.5. The Morgan fingerprint density at radius 2 is 1.75 bits per heavy atom. The molecule has 0 fully saturated rings. The molecule has 4 N–H and O–H groups in total. The van der Waals surface area contributed by atoms with Gasteiger partial charge in [-0.05, 0) is 18.7 Å². The van der Waals surface area contributed by atoms with Crippen LogP contribution < -0.4 is 11.5 Å². The Kier molecular flexibility index (Phi) is 7.52. The van der Waals surface area contributed by atoms with E-state index >= 15 is 0 Å². The summed E-state index contributed by atoms with van der Waals surface area (Å²) < 4.78 is 0. The smallest absolute Gasteiger partial charge is 0.00558 e. The molecule has 0 aliphatic heterocycles. The van der Waals surface area contributed by atoms with Crippen LogP contribution in [0.25, 0.3) is 0 Å². The summed E-state index contributed by atoms with van der Waals surface area (Å²) in [6.45, 7) is 1.59. The SMILES string of the molecule is NCCCSCCN. The first kappa shape index (κ1) is 8.27. The summed E-state index contributed by atoms with van der Waals surface area (Å²) in [6.07, 6.45) is 1.12. The fourth-order valence-corrected chi connectivity index (χ4v) is 1.11. The summed E-state index contributed by atoms with van der Waals surface area (Å²) in [5, 5.41) is 0. The molecule has 0 saturated heterocycles. The van der Waals surface area contributed by atoms with Gasteiger partial charge in [-0.3, -0.25) is 0 Å². The number of hydrogen-bond donors (Lipinski definition) is 2. The van der Waals surface area contributed by atoms with Gasteiger partial charge in [-0.15, -0.1) is 0 Å². The van der Waals surface area contributed by atoms with Gasteiger partial charge in [0, 0.05) is 12.3 Å². The van der Waals surface area contributed by atoms with Gasteiger partial charge in [0.2, 0.25) is 0 Å². The highest BCUT2D eigenvalue weighted by Crippen LogP contribution is 1.98. The Labute approximate surface area is 55.0 Å². The molecule has 0 radical (unpaired) electrons. The van der Waals surface area contributed by atoms with Crippen LogP contribution in [-0.4, -0.2) is 24.6 Å². The highest BCUT2D eigenvalue weighted by Gasteiger charge is 1.83. The average molecular weight is 134 g/mol. The summed E-state index contributed by atoms with van der Waals surface area (Å²) >= 11 is 1.87. The number of hydrogen-bond acceptors (Lipinski definition) is 3. The molecule has 0 aliphatic rings. The van der Waals surface area contributed by atoms with Crippen molar-refractivity contribution in [3.8, 4) is 0 Å². The Bertz CT molecular complexity index is 35.4. The summed E-state index contributed by atoms with van der Waals surface area (Å²) in [4.78, 5) is 0. The van der Waals surface area contributed by atoms with E-state index in [1.165, 1.54) is 0 Å². The average Bonchev–Trinajstić information content (AvgIpc) is 1.81. The molecule has 8 heavy (non-hydrogen) atoms. The third-order valence-corrected chi connectivity index (χ3v) is 1.86. The molecule has 0 heterocycles. The summed E-state index contributed by atoms with van der Waals surface area (Å²) in [5.41, 5.74) is 10.5. The first-order chi connectivity index (χ1) is 3.91. The first-order valence-electron chi connectivity index (χ1n) is 2.89. The zero-order valence-electron chi connectivity index (χ0n) is 5.10. The van der Waals surface area contributed by atoms with Crippen LogP contribution in [0, 0.1) is 0 Å². The molecule has 0 atom stereocenters. The van der Waals surface area contributed by atoms with Crippen molar-refractivity contribution in [1.82, 2.24) is 0 Å².